The number of thioether (sulfide) groups is 1. The number of nitro groups is 1. The van der Waals surface area contributed by atoms with Crippen molar-refractivity contribution in [2.45, 2.75) is 13.3 Å². The second-order valence-corrected chi connectivity index (χ2v) is 4.97. The number of nitrogens with zero attached hydrogens (tertiary/aromatic N) is 2. The van der Waals surface area contributed by atoms with Crippen LogP contribution in [-0.4, -0.2) is 23.0 Å². The monoisotopic (exact) mass is 265 g/mol. The maximum Gasteiger partial charge on any atom is 0.293 e. The Kier molecular flexibility index (Phi) is 6.01. The lowest BCUT2D eigenvalue weighted by molar-refractivity contribution is -0.384. The Morgan fingerprint density at radius 1 is 1.56 bits per heavy atom. The molecule has 0 atom stereocenters. The molecule has 1 aromatic carbocycles. The smallest absolute Gasteiger partial charge is 0.293 e. The van der Waals surface area contributed by atoms with Gasteiger partial charge in [0.2, 0.25) is 0 Å². The van der Waals surface area contributed by atoms with Crippen LogP contribution in [0.5, 0.6) is 0 Å². The minimum Gasteiger partial charge on any atom is -0.379 e. The van der Waals surface area contributed by atoms with E-state index in [4.69, 9.17) is 5.26 Å². The third-order valence-electron chi connectivity index (χ3n) is 2.31. The van der Waals surface area contributed by atoms with Crippen LogP contribution in [0.3, 0.4) is 0 Å². The van der Waals surface area contributed by atoms with Gasteiger partial charge >= 0.3 is 0 Å². The number of rotatable bonds is 7. The van der Waals surface area contributed by atoms with E-state index in [1.807, 2.05) is 17.8 Å². The first kappa shape index (κ1) is 14.3. The van der Waals surface area contributed by atoms with Gasteiger partial charge in [0.05, 0.1) is 16.6 Å². The van der Waals surface area contributed by atoms with Crippen molar-refractivity contribution in [2.24, 2.45) is 0 Å². The average Bonchev–Trinajstić information content (AvgIpc) is 2.38. The standard InChI is InChI=1S/C12H15N3O2S/c1-2-18-7-3-6-14-11-5-4-10(9-13)8-12(11)15(16)17/h4-5,8,14H,2-3,6-7H2,1H3. The Balaban J connectivity index is 2.65. The van der Waals surface area contributed by atoms with Crippen LogP contribution in [-0.2, 0) is 0 Å². The van der Waals surface area contributed by atoms with Crippen LogP contribution in [0.15, 0.2) is 18.2 Å². The SMILES string of the molecule is CCSCCCNc1ccc(C#N)cc1[N+](=O)[O-]. The van der Waals surface area contributed by atoms with E-state index in [0.29, 0.717) is 17.8 Å². The minimum absolute atomic E-state index is 0.0443. The second kappa shape index (κ2) is 7.56. The van der Waals surface area contributed by atoms with E-state index in [1.54, 1.807) is 12.1 Å². The first-order valence-corrected chi connectivity index (χ1v) is 6.84. The van der Waals surface area contributed by atoms with Gasteiger partial charge in [0, 0.05) is 12.6 Å². The number of nitriles is 1. The Hall–Kier alpha value is -1.74. The van der Waals surface area contributed by atoms with Crippen molar-refractivity contribution in [1.82, 2.24) is 0 Å². The van der Waals surface area contributed by atoms with Gasteiger partial charge in [-0.15, -0.1) is 0 Å². The molecule has 1 rings (SSSR count). The summed E-state index contributed by atoms with van der Waals surface area (Å²) < 4.78 is 0. The van der Waals surface area contributed by atoms with Gasteiger partial charge in [-0.2, -0.15) is 17.0 Å². The van der Waals surface area contributed by atoms with Crippen LogP contribution in [0.1, 0.15) is 18.9 Å². The Morgan fingerprint density at radius 2 is 2.33 bits per heavy atom. The third-order valence-corrected chi connectivity index (χ3v) is 3.29. The van der Waals surface area contributed by atoms with Crippen molar-refractivity contribution < 1.29 is 4.92 Å². The molecule has 0 aromatic heterocycles. The van der Waals surface area contributed by atoms with Gasteiger partial charge in [-0.3, -0.25) is 10.1 Å². The van der Waals surface area contributed by atoms with Gasteiger partial charge in [-0.1, -0.05) is 6.92 Å². The minimum atomic E-state index is -0.468. The molecule has 6 heteroatoms. The molecule has 5 nitrogen and oxygen atoms in total. The summed E-state index contributed by atoms with van der Waals surface area (Å²) in [5.41, 5.74) is 0.728. The number of hydrogen-bond donors (Lipinski definition) is 1. The lowest BCUT2D eigenvalue weighted by atomic mass is 10.2. The zero-order chi connectivity index (χ0) is 13.4. The fourth-order valence-electron chi connectivity index (χ4n) is 1.44. The van der Waals surface area contributed by atoms with Gasteiger partial charge in [0.15, 0.2) is 0 Å². The molecule has 0 spiro atoms. The molecule has 1 aromatic rings. The highest BCUT2D eigenvalue weighted by Gasteiger charge is 2.13. The molecule has 0 saturated heterocycles. The largest absolute Gasteiger partial charge is 0.379 e. The van der Waals surface area contributed by atoms with E-state index in [1.165, 1.54) is 6.07 Å². The summed E-state index contributed by atoms with van der Waals surface area (Å²) in [7, 11) is 0. The van der Waals surface area contributed by atoms with Gasteiger partial charge in [0.1, 0.15) is 5.69 Å². The van der Waals surface area contributed by atoms with Crippen LogP contribution < -0.4 is 5.32 Å². The zero-order valence-electron chi connectivity index (χ0n) is 10.2. The number of nitrogens with one attached hydrogen (secondary N) is 1. The van der Waals surface area contributed by atoms with Crippen molar-refractivity contribution in [3.63, 3.8) is 0 Å². The Labute approximate surface area is 110 Å². The summed E-state index contributed by atoms with van der Waals surface area (Å²) in [6.45, 7) is 2.79. The van der Waals surface area contributed by atoms with Crippen molar-refractivity contribution in [3.05, 3.63) is 33.9 Å². The van der Waals surface area contributed by atoms with Crippen LogP contribution in [0.2, 0.25) is 0 Å². The molecule has 0 unspecified atom stereocenters. The maximum atomic E-state index is 10.9. The number of nitro benzene ring substituents is 1. The molecule has 0 aliphatic carbocycles. The lowest BCUT2D eigenvalue weighted by Gasteiger charge is -2.06. The lowest BCUT2D eigenvalue weighted by Crippen LogP contribution is -2.05. The van der Waals surface area contributed by atoms with Crippen LogP contribution in [0.4, 0.5) is 11.4 Å². The van der Waals surface area contributed by atoms with Gasteiger partial charge in [-0.05, 0) is 30.1 Å². The fourth-order valence-corrected chi connectivity index (χ4v) is 2.08. The molecule has 0 radical (unpaired) electrons. The van der Waals surface area contributed by atoms with Gasteiger partial charge in [0.25, 0.3) is 5.69 Å². The van der Waals surface area contributed by atoms with E-state index < -0.39 is 4.92 Å². The summed E-state index contributed by atoms with van der Waals surface area (Å²) in [4.78, 5) is 10.4. The quantitative estimate of drug-likeness (QED) is 0.465. The highest BCUT2D eigenvalue weighted by molar-refractivity contribution is 7.99. The predicted octanol–water partition coefficient (Wildman–Crippen LogP) is 3.02. The number of hydrogen-bond acceptors (Lipinski definition) is 5. The molecular weight excluding hydrogens is 250 g/mol. The normalized spacial score (nSPS) is 9.78. The molecule has 0 heterocycles. The van der Waals surface area contributed by atoms with E-state index in [0.717, 1.165) is 17.9 Å². The molecule has 0 saturated carbocycles. The highest BCUT2D eigenvalue weighted by Crippen LogP contribution is 2.25. The topological polar surface area (TPSA) is 79.0 Å². The Bertz CT molecular complexity index is 457. The first-order valence-electron chi connectivity index (χ1n) is 5.69. The molecule has 1 N–H and O–H groups in total. The molecule has 96 valence electrons. The third kappa shape index (κ3) is 4.26. The fraction of sp³-hybridized carbons (Fsp3) is 0.417. The first-order chi connectivity index (χ1) is 8.69. The molecule has 0 bridgehead atoms. The van der Waals surface area contributed by atoms with E-state index in [9.17, 15) is 10.1 Å². The summed E-state index contributed by atoms with van der Waals surface area (Å²) in [6, 6.07) is 6.36. The van der Waals surface area contributed by atoms with Crippen molar-refractivity contribution in [3.8, 4) is 6.07 Å². The maximum absolute atomic E-state index is 10.9. The Morgan fingerprint density at radius 3 is 2.94 bits per heavy atom. The number of anilines is 1. The van der Waals surface area contributed by atoms with Crippen molar-refractivity contribution >= 4 is 23.1 Å². The number of benzene rings is 1. The molecule has 0 aliphatic heterocycles. The van der Waals surface area contributed by atoms with Crippen molar-refractivity contribution in [1.29, 1.82) is 5.26 Å². The molecule has 0 amide bonds. The summed E-state index contributed by atoms with van der Waals surface area (Å²) in [6.07, 6.45) is 0.954. The zero-order valence-corrected chi connectivity index (χ0v) is 11.0. The predicted molar refractivity (Wildman–Crippen MR) is 73.9 cm³/mol. The van der Waals surface area contributed by atoms with E-state index >= 15 is 0 Å². The molecule has 0 aliphatic rings. The van der Waals surface area contributed by atoms with E-state index in [2.05, 4.69) is 12.2 Å². The highest BCUT2D eigenvalue weighted by atomic mass is 32.2. The average molecular weight is 265 g/mol. The van der Waals surface area contributed by atoms with Crippen LogP contribution in [0.25, 0.3) is 0 Å². The van der Waals surface area contributed by atoms with E-state index in [-0.39, 0.29) is 5.69 Å². The van der Waals surface area contributed by atoms with Gasteiger partial charge in [-0.25, -0.2) is 0 Å². The van der Waals surface area contributed by atoms with Crippen molar-refractivity contribution in [2.75, 3.05) is 23.4 Å². The second-order valence-electron chi connectivity index (χ2n) is 3.58. The summed E-state index contributed by atoms with van der Waals surface area (Å²) in [5.74, 6) is 2.12. The molecule has 0 fully saturated rings. The molecular formula is C12H15N3O2S. The van der Waals surface area contributed by atoms with Gasteiger partial charge < -0.3 is 5.32 Å². The van der Waals surface area contributed by atoms with Crippen LogP contribution in [0, 0.1) is 21.4 Å². The molecule has 18 heavy (non-hydrogen) atoms. The summed E-state index contributed by atoms with van der Waals surface area (Å²) in [5, 5.41) is 22.6. The van der Waals surface area contributed by atoms with Crippen LogP contribution >= 0.6 is 11.8 Å². The summed E-state index contributed by atoms with van der Waals surface area (Å²) >= 11 is 1.84.